The molecule has 4 bridgehead atoms. The van der Waals surface area contributed by atoms with Crippen LogP contribution in [0.4, 0.5) is 4.79 Å². The molecule has 294 valence electrons. The quantitative estimate of drug-likeness (QED) is 0.353. The molecule has 2 aromatic heterocycles. The first-order chi connectivity index (χ1) is 26.5. The number of pyridine rings is 2. The Balaban J connectivity index is 1.12. The molecule has 16 heteroatoms. The molecule has 5 heterocycles. The fraction of sp³-hybridized carbons (Fsp3) is 0.590. The van der Waals surface area contributed by atoms with E-state index in [4.69, 9.17) is 14.5 Å². The number of hydrogen-bond donors (Lipinski definition) is 3. The third-order valence-electron chi connectivity index (χ3n) is 12.0. The van der Waals surface area contributed by atoms with Gasteiger partial charge >= 0.3 is 6.03 Å². The Morgan fingerprint density at radius 1 is 1.07 bits per heavy atom. The van der Waals surface area contributed by atoms with Crippen LogP contribution in [-0.2, 0) is 29.1 Å². The van der Waals surface area contributed by atoms with E-state index in [0.717, 1.165) is 49.5 Å². The lowest BCUT2D eigenvalue weighted by Gasteiger charge is -2.33. The molecule has 3 aliphatic carbocycles. The zero-order valence-corrected chi connectivity index (χ0v) is 31.7. The van der Waals surface area contributed by atoms with Crippen LogP contribution in [0.1, 0.15) is 76.2 Å². The zero-order valence-electron chi connectivity index (χ0n) is 30.9. The van der Waals surface area contributed by atoms with E-state index in [-0.39, 0.29) is 37.4 Å². The first-order valence-electron chi connectivity index (χ1n) is 19.6. The molecule has 8 rings (SSSR count). The minimum Gasteiger partial charge on any atom is -0.472 e. The van der Waals surface area contributed by atoms with E-state index in [1.165, 1.54) is 11.0 Å². The van der Waals surface area contributed by atoms with Gasteiger partial charge in [0.25, 0.3) is 5.91 Å². The Kier molecular flexibility index (Phi) is 10.3. The smallest absolute Gasteiger partial charge is 0.318 e. The number of rotatable bonds is 7. The molecule has 2 saturated heterocycles. The van der Waals surface area contributed by atoms with Crippen molar-refractivity contribution < 1.29 is 37.1 Å². The van der Waals surface area contributed by atoms with Gasteiger partial charge in [-0.2, -0.15) is 0 Å². The first-order valence-corrected chi connectivity index (χ1v) is 21.2. The fourth-order valence-corrected chi connectivity index (χ4v) is 9.93. The van der Waals surface area contributed by atoms with E-state index >= 15 is 0 Å². The molecule has 0 aromatic carbocycles. The number of carbonyl (C=O) groups is 4. The predicted octanol–water partition coefficient (Wildman–Crippen LogP) is 2.81. The first kappa shape index (κ1) is 37.4. The number of aromatic nitrogens is 2. The molecule has 5 amide bonds. The number of sulfonamides is 1. The average Bonchev–Trinajstić information content (AvgIpc) is 3.94. The molecule has 1 unspecified atom stereocenters. The Hall–Kier alpha value is -4.57. The van der Waals surface area contributed by atoms with Gasteiger partial charge in [-0.3, -0.25) is 24.1 Å². The van der Waals surface area contributed by atoms with Gasteiger partial charge in [0.15, 0.2) is 0 Å². The van der Waals surface area contributed by atoms with Crippen LogP contribution in [0.2, 0.25) is 0 Å². The summed E-state index contributed by atoms with van der Waals surface area (Å²) in [7, 11) is -3.89. The summed E-state index contributed by atoms with van der Waals surface area (Å²) in [5, 5.41) is 6.16. The van der Waals surface area contributed by atoms with Crippen LogP contribution in [0.3, 0.4) is 0 Å². The van der Waals surface area contributed by atoms with Gasteiger partial charge in [0.1, 0.15) is 23.7 Å². The number of hydrogen-bond acceptors (Lipinski definition) is 10. The Bertz CT molecular complexity index is 2000. The number of carbonyl (C=O) groups excluding carboxylic acids is 4. The van der Waals surface area contributed by atoms with Crippen molar-refractivity contribution in [3.63, 3.8) is 0 Å². The number of fused-ring (bicyclic) bond motifs is 6. The van der Waals surface area contributed by atoms with Crippen LogP contribution >= 0.6 is 0 Å². The maximum atomic E-state index is 14.8. The third-order valence-corrected chi connectivity index (χ3v) is 13.8. The van der Waals surface area contributed by atoms with Crippen LogP contribution in [0.25, 0.3) is 17.0 Å². The molecule has 3 N–H and O–H groups in total. The van der Waals surface area contributed by atoms with Crippen molar-refractivity contribution in [3.05, 3.63) is 48.8 Å². The number of nitrogens with zero attached hydrogens (tertiary/aromatic N) is 4. The standard InChI is InChI=1S/C39H49N7O8S/c1-2-27-20-39(27,37(49)44-55(51,52)30-11-12-30)43-34(47)32-19-29-23-46(32)36(48)33(24-8-5-6-9-24)42-38(50)45-16-14-28(22-45)53-17-7-3-4-10-26-18-25-13-15-40-21-31(25)41-35(26)54-29/h2,4,10,13,15,18,21,24,27-30,32-33H,1,3,5-9,11-12,14,16-17,19-20,22-23H2,(H,42,50)(H,43,47)(H,44,49)/b10-4+/t27?,28-,29+,32-,33-,39+/m0/s1. The SMILES string of the molecule is C=CC1C[C@]1(NC(=O)[C@@H]1C[C@@H]2CN1C(=O)[C@H](C1CCCC1)NC(=O)N1CC[C@@H](C1)OCCC/C=C/c1cc3ccncc3nc1O2)C(=O)NS(=O)(=O)C1CC1. The molecular formula is C39H49N7O8S. The summed E-state index contributed by atoms with van der Waals surface area (Å²) in [4.78, 5) is 68.8. The summed E-state index contributed by atoms with van der Waals surface area (Å²) < 4.78 is 40.5. The van der Waals surface area contributed by atoms with Crippen LogP contribution in [-0.4, -0.2) is 113 Å². The molecule has 0 spiro atoms. The summed E-state index contributed by atoms with van der Waals surface area (Å²) in [5.41, 5.74) is -0.184. The number of amides is 5. The Morgan fingerprint density at radius 3 is 2.65 bits per heavy atom. The topological polar surface area (TPSA) is 189 Å². The predicted molar refractivity (Wildman–Crippen MR) is 202 cm³/mol. The maximum absolute atomic E-state index is 14.8. The zero-order chi connectivity index (χ0) is 38.3. The van der Waals surface area contributed by atoms with Crippen LogP contribution in [0.5, 0.6) is 5.88 Å². The highest BCUT2D eigenvalue weighted by Gasteiger charge is 2.62. The summed E-state index contributed by atoms with van der Waals surface area (Å²) in [5.74, 6) is -2.14. The van der Waals surface area contributed by atoms with Crippen molar-refractivity contribution in [2.45, 2.75) is 106 Å². The van der Waals surface area contributed by atoms with Gasteiger partial charge in [0.05, 0.1) is 29.6 Å². The normalized spacial score (nSPS) is 31.0. The van der Waals surface area contributed by atoms with Crippen molar-refractivity contribution in [2.75, 3.05) is 26.2 Å². The number of nitrogens with one attached hydrogen (secondary N) is 3. The van der Waals surface area contributed by atoms with Gasteiger partial charge in [-0.25, -0.2) is 18.2 Å². The summed E-state index contributed by atoms with van der Waals surface area (Å²) >= 11 is 0. The van der Waals surface area contributed by atoms with Gasteiger partial charge in [-0.15, -0.1) is 6.58 Å². The van der Waals surface area contributed by atoms with Crippen molar-refractivity contribution in [1.29, 1.82) is 0 Å². The van der Waals surface area contributed by atoms with Crippen LogP contribution < -0.4 is 20.1 Å². The molecule has 6 aliphatic rings. The van der Waals surface area contributed by atoms with E-state index in [2.05, 4.69) is 26.9 Å². The second-order valence-corrected chi connectivity index (χ2v) is 17.8. The maximum Gasteiger partial charge on any atom is 0.318 e. The lowest BCUT2D eigenvalue weighted by atomic mass is 9.96. The number of ether oxygens (including phenoxy) is 2. The Morgan fingerprint density at radius 2 is 1.89 bits per heavy atom. The van der Waals surface area contributed by atoms with Gasteiger partial charge in [-0.05, 0) is 69.4 Å². The average molecular weight is 776 g/mol. The minimum absolute atomic E-state index is 0.0195. The molecule has 5 fully saturated rings. The van der Waals surface area contributed by atoms with Gasteiger partial charge in [0.2, 0.25) is 27.7 Å². The van der Waals surface area contributed by atoms with E-state index in [1.54, 1.807) is 17.3 Å². The second kappa shape index (κ2) is 15.2. The molecular weight excluding hydrogens is 727 g/mol. The van der Waals surface area contributed by atoms with Gasteiger partial charge in [-0.1, -0.05) is 31.1 Å². The summed E-state index contributed by atoms with van der Waals surface area (Å²) in [6, 6.07) is 1.51. The molecule has 3 aliphatic heterocycles. The fourth-order valence-electron chi connectivity index (χ4n) is 8.57. The number of urea groups is 1. The molecule has 2 aromatic rings. The van der Waals surface area contributed by atoms with Crippen molar-refractivity contribution in [1.82, 2.24) is 35.1 Å². The van der Waals surface area contributed by atoms with E-state index in [9.17, 15) is 27.6 Å². The van der Waals surface area contributed by atoms with Crippen molar-refractivity contribution >= 4 is 50.8 Å². The monoisotopic (exact) mass is 775 g/mol. The molecule has 3 saturated carbocycles. The lowest BCUT2D eigenvalue weighted by molar-refractivity contribution is -0.142. The highest BCUT2D eigenvalue weighted by atomic mass is 32.2. The van der Waals surface area contributed by atoms with E-state index in [1.807, 2.05) is 24.3 Å². The number of allylic oxidation sites excluding steroid dienone is 1. The van der Waals surface area contributed by atoms with Crippen molar-refractivity contribution in [2.24, 2.45) is 11.8 Å². The third kappa shape index (κ3) is 7.80. The molecule has 0 radical (unpaired) electrons. The minimum atomic E-state index is -3.89. The largest absolute Gasteiger partial charge is 0.472 e. The van der Waals surface area contributed by atoms with E-state index < -0.39 is 62.6 Å². The highest BCUT2D eigenvalue weighted by Crippen LogP contribution is 2.45. The second-order valence-electron chi connectivity index (χ2n) is 15.9. The highest BCUT2D eigenvalue weighted by molar-refractivity contribution is 7.91. The molecule has 55 heavy (non-hydrogen) atoms. The molecule has 6 atom stereocenters. The van der Waals surface area contributed by atoms with Crippen LogP contribution in [0, 0.1) is 11.8 Å². The van der Waals surface area contributed by atoms with Crippen LogP contribution in [0.15, 0.2) is 43.3 Å². The summed E-state index contributed by atoms with van der Waals surface area (Å²) in [6.07, 6.45) is 14.8. The lowest BCUT2D eigenvalue weighted by Crippen LogP contribution is -2.59. The van der Waals surface area contributed by atoms with Gasteiger partial charge < -0.3 is 29.9 Å². The molecule has 15 nitrogen and oxygen atoms in total. The van der Waals surface area contributed by atoms with E-state index in [0.29, 0.717) is 50.4 Å². The van der Waals surface area contributed by atoms with Crippen molar-refractivity contribution in [3.8, 4) is 5.88 Å². The van der Waals surface area contributed by atoms with Gasteiger partial charge in [0, 0.05) is 49.2 Å². The summed E-state index contributed by atoms with van der Waals surface area (Å²) in [6.45, 7) is 5.30. The Labute approximate surface area is 320 Å².